The molecule has 14 nitrogen and oxygen atoms in total. The fourth-order valence-electron chi connectivity index (χ4n) is 7.27. The SMILES string of the molecule is COC(=O)NCC(=O)N1CCC[C@H]1c1ncc(-c2ccc3cc(-c4ccc(-c5cnc([C@@H]6CCCN6C(=O)[C@H](C)NC(=O)OC)[nH]5)cc4)ccc3c2)[nH]1. The quantitative estimate of drug-likeness (QED) is 0.150. The van der Waals surface area contributed by atoms with Gasteiger partial charge in [-0.2, -0.15) is 0 Å². The van der Waals surface area contributed by atoms with Crippen molar-refractivity contribution in [2.45, 2.75) is 50.7 Å². The number of imidazole rings is 2. The Labute approximate surface area is 306 Å². The van der Waals surface area contributed by atoms with Crippen molar-refractivity contribution in [1.82, 2.24) is 40.4 Å². The number of hydrogen-bond acceptors (Lipinski definition) is 8. The van der Waals surface area contributed by atoms with Gasteiger partial charge in [0, 0.05) is 18.7 Å². The van der Waals surface area contributed by atoms with E-state index < -0.39 is 18.2 Å². The minimum Gasteiger partial charge on any atom is -0.453 e. The Hall–Kier alpha value is -6.18. The van der Waals surface area contributed by atoms with Crippen LogP contribution in [0.1, 0.15) is 56.3 Å². The largest absolute Gasteiger partial charge is 0.453 e. The van der Waals surface area contributed by atoms with Gasteiger partial charge in [-0.25, -0.2) is 19.6 Å². The number of aromatic amines is 2. The number of aromatic nitrogens is 4. The van der Waals surface area contributed by atoms with Crippen LogP contribution in [0.25, 0.3) is 44.4 Å². The van der Waals surface area contributed by atoms with Crippen molar-refractivity contribution in [2.24, 2.45) is 0 Å². The van der Waals surface area contributed by atoms with E-state index in [1.165, 1.54) is 14.2 Å². The van der Waals surface area contributed by atoms with Gasteiger partial charge in [-0.1, -0.05) is 48.5 Å². The van der Waals surface area contributed by atoms with Crippen LogP contribution in [0.3, 0.4) is 0 Å². The first-order valence-electron chi connectivity index (χ1n) is 17.7. The van der Waals surface area contributed by atoms with E-state index in [9.17, 15) is 19.2 Å². The third-order valence-corrected chi connectivity index (χ3v) is 10.1. The van der Waals surface area contributed by atoms with E-state index in [1.807, 2.05) is 0 Å². The molecule has 3 atom stereocenters. The van der Waals surface area contributed by atoms with Gasteiger partial charge < -0.3 is 39.9 Å². The molecule has 14 heteroatoms. The normalized spacial score (nSPS) is 17.5. The van der Waals surface area contributed by atoms with Gasteiger partial charge in [0.05, 0.1) is 50.1 Å². The topological polar surface area (TPSA) is 175 Å². The summed E-state index contributed by atoms with van der Waals surface area (Å²) in [7, 11) is 2.54. The van der Waals surface area contributed by atoms with Crippen LogP contribution in [0.15, 0.2) is 73.1 Å². The van der Waals surface area contributed by atoms with E-state index in [0.29, 0.717) is 13.1 Å². The first-order chi connectivity index (χ1) is 25.7. The minimum atomic E-state index is -0.704. The standard InChI is InChI=1S/C39H42N8O6/c1-23(43-39(51)53-3)37(49)47-17-5-7-33(47)36-40-20-30(44-36)25-10-8-24(9-11-25)26-12-13-28-19-29(15-14-27(28)18-26)31-21-41-35(45-31)32-6-4-16-46(32)34(48)22-42-38(50)52-2/h8-15,18-21,23,32-33H,4-7,16-17,22H2,1-3H3,(H,40,44)(H,41,45)(H,42,50)(H,43,51)/t23-,32-,33-/m0/s1. The summed E-state index contributed by atoms with van der Waals surface area (Å²) in [6.07, 6.45) is 5.62. The predicted octanol–water partition coefficient (Wildman–Crippen LogP) is 5.71. The molecule has 2 saturated heterocycles. The molecule has 0 aliphatic carbocycles. The fourth-order valence-corrected chi connectivity index (χ4v) is 7.27. The van der Waals surface area contributed by atoms with Crippen LogP contribution < -0.4 is 10.6 Å². The van der Waals surface area contributed by atoms with Gasteiger partial charge >= 0.3 is 12.2 Å². The number of benzene rings is 3. The van der Waals surface area contributed by atoms with Crippen LogP contribution in [0, 0.1) is 0 Å². The van der Waals surface area contributed by atoms with Crippen molar-refractivity contribution in [3.8, 4) is 33.6 Å². The van der Waals surface area contributed by atoms with Gasteiger partial charge in [0.1, 0.15) is 24.2 Å². The fraction of sp³-hybridized carbons (Fsp3) is 0.333. The molecule has 3 aromatic carbocycles. The van der Waals surface area contributed by atoms with Crippen LogP contribution in [0.5, 0.6) is 0 Å². The molecular formula is C39H42N8O6. The van der Waals surface area contributed by atoms with E-state index in [4.69, 9.17) is 0 Å². The molecule has 0 radical (unpaired) electrons. The number of rotatable bonds is 9. The van der Waals surface area contributed by atoms with Crippen molar-refractivity contribution in [2.75, 3.05) is 33.9 Å². The molecule has 0 saturated carbocycles. The van der Waals surface area contributed by atoms with E-state index >= 15 is 0 Å². The second-order valence-corrected chi connectivity index (χ2v) is 13.4. The van der Waals surface area contributed by atoms with Crippen molar-refractivity contribution in [1.29, 1.82) is 0 Å². The average molecular weight is 719 g/mol. The highest BCUT2D eigenvalue weighted by Gasteiger charge is 2.35. The maximum atomic E-state index is 13.1. The Morgan fingerprint density at radius 1 is 0.736 bits per heavy atom. The summed E-state index contributed by atoms with van der Waals surface area (Å²) in [6.45, 7) is 2.74. The number of carbonyl (C=O) groups is 4. The number of nitrogens with zero attached hydrogens (tertiary/aromatic N) is 4. The lowest BCUT2D eigenvalue weighted by atomic mass is 9.98. The van der Waals surface area contributed by atoms with Gasteiger partial charge in [-0.3, -0.25) is 9.59 Å². The molecule has 7 rings (SSSR count). The van der Waals surface area contributed by atoms with E-state index in [1.54, 1.807) is 29.1 Å². The summed E-state index contributed by atoms with van der Waals surface area (Å²) in [5.74, 6) is 1.10. The van der Waals surface area contributed by atoms with Crippen molar-refractivity contribution >= 4 is 34.8 Å². The highest BCUT2D eigenvalue weighted by Crippen LogP contribution is 2.35. The number of methoxy groups -OCH3 is 2. The second kappa shape index (κ2) is 15.2. The Kier molecular flexibility index (Phi) is 10.1. The molecule has 4 amide bonds. The molecule has 274 valence electrons. The van der Waals surface area contributed by atoms with E-state index in [0.717, 1.165) is 81.7 Å². The zero-order chi connectivity index (χ0) is 37.1. The summed E-state index contributed by atoms with van der Waals surface area (Å²) < 4.78 is 9.23. The molecule has 0 bridgehead atoms. The number of carbonyl (C=O) groups excluding carboxylic acids is 4. The van der Waals surface area contributed by atoms with Gasteiger partial charge in [0.15, 0.2) is 0 Å². The Morgan fingerprint density at radius 2 is 1.26 bits per heavy atom. The second-order valence-electron chi connectivity index (χ2n) is 13.4. The first kappa shape index (κ1) is 35.2. The molecule has 2 fully saturated rings. The molecule has 4 N–H and O–H groups in total. The molecule has 5 aromatic rings. The highest BCUT2D eigenvalue weighted by molar-refractivity contribution is 5.91. The average Bonchev–Trinajstić information content (AvgIpc) is 4.03. The number of nitrogens with one attached hydrogen (secondary N) is 4. The molecule has 0 spiro atoms. The third kappa shape index (κ3) is 7.43. The number of likely N-dealkylation sites (tertiary alicyclic amines) is 2. The molecular weight excluding hydrogens is 676 g/mol. The van der Waals surface area contributed by atoms with Gasteiger partial charge in [-0.05, 0) is 72.2 Å². The van der Waals surface area contributed by atoms with Gasteiger partial charge in [-0.15, -0.1) is 0 Å². The zero-order valence-electron chi connectivity index (χ0n) is 29.8. The number of fused-ring (bicyclic) bond motifs is 1. The van der Waals surface area contributed by atoms with E-state index in [2.05, 4.69) is 101 Å². The van der Waals surface area contributed by atoms with E-state index in [-0.39, 0.29) is 30.4 Å². The number of H-pyrrole nitrogens is 2. The lowest BCUT2D eigenvalue weighted by Gasteiger charge is -2.26. The predicted molar refractivity (Wildman–Crippen MR) is 197 cm³/mol. The number of hydrogen-bond donors (Lipinski definition) is 4. The van der Waals surface area contributed by atoms with Crippen LogP contribution in [0.2, 0.25) is 0 Å². The lowest BCUT2D eigenvalue weighted by Crippen LogP contribution is -2.46. The molecule has 53 heavy (non-hydrogen) atoms. The van der Waals surface area contributed by atoms with Crippen molar-refractivity contribution < 1.29 is 28.7 Å². The molecule has 2 aliphatic heterocycles. The molecule has 4 heterocycles. The zero-order valence-corrected chi connectivity index (χ0v) is 29.8. The monoisotopic (exact) mass is 718 g/mol. The van der Waals surface area contributed by atoms with Gasteiger partial charge in [0.25, 0.3) is 0 Å². The Bertz CT molecular complexity index is 2140. The summed E-state index contributed by atoms with van der Waals surface area (Å²) in [6, 6.07) is 19.9. The smallest absolute Gasteiger partial charge is 0.407 e. The number of amides is 4. The summed E-state index contributed by atoms with van der Waals surface area (Å²) in [5.41, 5.74) is 5.88. The molecule has 0 unspecified atom stereocenters. The van der Waals surface area contributed by atoms with Crippen LogP contribution >= 0.6 is 0 Å². The maximum absolute atomic E-state index is 13.1. The third-order valence-electron chi connectivity index (χ3n) is 10.1. The molecule has 2 aliphatic rings. The number of alkyl carbamates (subject to hydrolysis) is 2. The highest BCUT2D eigenvalue weighted by atomic mass is 16.5. The summed E-state index contributed by atoms with van der Waals surface area (Å²) >= 11 is 0. The minimum absolute atomic E-state index is 0.122. The first-order valence-corrected chi connectivity index (χ1v) is 17.7. The van der Waals surface area contributed by atoms with Gasteiger partial charge in [0.2, 0.25) is 11.8 Å². The maximum Gasteiger partial charge on any atom is 0.407 e. The van der Waals surface area contributed by atoms with Crippen LogP contribution in [-0.2, 0) is 19.1 Å². The van der Waals surface area contributed by atoms with Crippen LogP contribution in [0.4, 0.5) is 9.59 Å². The summed E-state index contributed by atoms with van der Waals surface area (Å²) in [4.78, 5) is 68.6. The lowest BCUT2D eigenvalue weighted by molar-refractivity contribution is -0.134. The summed E-state index contributed by atoms with van der Waals surface area (Å²) in [5, 5.41) is 7.22. The Balaban J connectivity index is 1.01. The Morgan fingerprint density at radius 3 is 1.91 bits per heavy atom. The van der Waals surface area contributed by atoms with Crippen LogP contribution in [-0.4, -0.2) is 93.6 Å². The number of ether oxygens (including phenoxy) is 2. The van der Waals surface area contributed by atoms with Crippen molar-refractivity contribution in [3.63, 3.8) is 0 Å². The van der Waals surface area contributed by atoms with Crippen molar-refractivity contribution in [3.05, 3.63) is 84.7 Å². The molecule has 2 aromatic heterocycles.